The second-order valence-electron chi connectivity index (χ2n) is 11.3. The van der Waals surface area contributed by atoms with Crippen LogP contribution in [0.4, 0.5) is 0 Å². The lowest BCUT2D eigenvalue weighted by molar-refractivity contribution is 0.767. The smallest absolute Gasteiger partial charge is 0.0524 e. The molecule has 1 N–H and O–H groups in total. The fraction of sp³-hybridized carbons (Fsp3) is 0.641. The molecule has 0 aliphatic rings. The lowest BCUT2D eigenvalue weighted by Crippen LogP contribution is -1.98. The zero-order valence-corrected chi connectivity index (χ0v) is 30.5. The van der Waals surface area contributed by atoms with Crippen molar-refractivity contribution in [2.24, 2.45) is 0 Å². The maximum atomic E-state index is 4.15. The van der Waals surface area contributed by atoms with Crippen LogP contribution in [0, 0.1) is 0 Å². The number of hydrogen-bond donors (Lipinski definition) is 1. The fourth-order valence-electron chi connectivity index (χ4n) is 4.22. The largest absolute Gasteiger partial charge is 0.282 e. The molecule has 0 aliphatic carbocycles. The van der Waals surface area contributed by atoms with Crippen molar-refractivity contribution in [3.05, 3.63) is 82.4 Å². The summed E-state index contributed by atoms with van der Waals surface area (Å²) in [5.41, 5.74) is 8.42. The second-order valence-corrected chi connectivity index (χ2v) is 11.3. The van der Waals surface area contributed by atoms with Crippen LogP contribution < -0.4 is 0 Å². The number of rotatable bonds is 6. The van der Waals surface area contributed by atoms with Gasteiger partial charge in [-0.3, -0.25) is 10.1 Å². The van der Waals surface area contributed by atoms with Gasteiger partial charge in [0.2, 0.25) is 0 Å². The molecule has 2 heterocycles. The summed E-state index contributed by atoms with van der Waals surface area (Å²) in [4.78, 5) is 4.15. The Morgan fingerprint density at radius 3 is 1.10 bits per heavy atom. The first-order chi connectivity index (χ1) is 19.4. The highest BCUT2D eigenvalue weighted by atomic mass is 15.1. The fourth-order valence-corrected chi connectivity index (χ4v) is 4.22. The van der Waals surface area contributed by atoms with E-state index >= 15 is 0 Å². The van der Waals surface area contributed by atoms with Crippen LogP contribution >= 0.6 is 0 Å². The van der Waals surface area contributed by atoms with Crippen molar-refractivity contribution in [2.75, 3.05) is 0 Å². The summed E-state index contributed by atoms with van der Waals surface area (Å²) >= 11 is 0. The van der Waals surface area contributed by atoms with Crippen LogP contribution in [0.1, 0.15) is 201 Å². The molecule has 0 fully saturated rings. The summed E-state index contributed by atoms with van der Waals surface area (Å²) in [7, 11) is 0. The third-order valence-corrected chi connectivity index (χ3v) is 6.27. The summed E-state index contributed by atoms with van der Waals surface area (Å²) in [6.45, 7) is 38.6. The molecular formula is C39H73N3. The van der Waals surface area contributed by atoms with Crippen molar-refractivity contribution < 1.29 is 0 Å². The predicted octanol–water partition coefficient (Wildman–Crippen LogP) is 13.6. The van der Waals surface area contributed by atoms with E-state index in [1.165, 1.54) is 33.5 Å². The molecule has 0 spiro atoms. The number of benzene rings is 1. The number of nitrogens with one attached hydrogen (secondary N) is 1. The van der Waals surface area contributed by atoms with Gasteiger partial charge in [0.1, 0.15) is 0 Å². The molecule has 3 heteroatoms. The van der Waals surface area contributed by atoms with Gasteiger partial charge in [0.05, 0.1) is 6.20 Å². The maximum absolute atomic E-state index is 4.15. The summed E-state index contributed by atoms with van der Waals surface area (Å²) in [6.07, 6.45) is 5.79. The number of hydrogen-bond acceptors (Lipinski definition) is 2. The van der Waals surface area contributed by atoms with E-state index in [1.54, 1.807) is 0 Å². The van der Waals surface area contributed by atoms with Crippen LogP contribution in [0.5, 0.6) is 0 Å². The van der Waals surface area contributed by atoms with Gasteiger partial charge in [0.15, 0.2) is 0 Å². The standard InChI is InChI=1S/C12H18.C11H17N.C9H16N2.3C2H6.CH4/c1-9(2)11-7-5-6-8-12(11)10(3)4;1-8(2)10-5-6-12-7-11(10)9(3)4;1-6(2)8-5-10-11-9(8)7(3)4;3*1-2;/h5-10H,1-4H3;5-9H,1-4H3;5-7H,1-4H3,(H,10,11);3*1-2H3;1H4. The number of aromatic amines is 1. The first kappa shape index (κ1) is 46.5. The van der Waals surface area contributed by atoms with Crippen molar-refractivity contribution in [1.82, 2.24) is 15.2 Å². The lowest BCUT2D eigenvalue weighted by atomic mass is 9.91. The molecule has 42 heavy (non-hydrogen) atoms. The highest BCUT2D eigenvalue weighted by molar-refractivity contribution is 5.32. The van der Waals surface area contributed by atoms with Crippen molar-refractivity contribution in [3.8, 4) is 0 Å². The van der Waals surface area contributed by atoms with Gasteiger partial charge >= 0.3 is 0 Å². The number of nitrogens with zero attached hydrogens (tertiary/aromatic N) is 2. The van der Waals surface area contributed by atoms with Crippen LogP contribution in [-0.4, -0.2) is 15.2 Å². The van der Waals surface area contributed by atoms with E-state index in [9.17, 15) is 0 Å². The van der Waals surface area contributed by atoms with E-state index in [1.807, 2.05) is 60.1 Å². The molecule has 244 valence electrons. The van der Waals surface area contributed by atoms with E-state index in [2.05, 4.69) is 129 Å². The summed E-state index contributed by atoms with van der Waals surface area (Å²) in [6, 6.07) is 10.8. The average molecular weight is 584 g/mol. The molecule has 0 saturated carbocycles. The van der Waals surface area contributed by atoms with Crippen LogP contribution in [0.2, 0.25) is 0 Å². The molecule has 0 atom stereocenters. The van der Waals surface area contributed by atoms with Crippen molar-refractivity contribution in [2.45, 2.75) is 168 Å². The van der Waals surface area contributed by atoms with Gasteiger partial charge in [-0.05, 0) is 69.4 Å². The third-order valence-electron chi connectivity index (χ3n) is 6.27. The minimum atomic E-state index is 0. The Morgan fingerprint density at radius 2 is 0.810 bits per heavy atom. The van der Waals surface area contributed by atoms with Crippen LogP contribution in [0.25, 0.3) is 0 Å². The Hall–Kier alpha value is -2.42. The topological polar surface area (TPSA) is 41.6 Å². The summed E-state index contributed by atoms with van der Waals surface area (Å²) < 4.78 is 0. The predicted molar refractivity (Wildman–Crippen MR) is 195 cm³/mol. The molecule has 3 rings (SSSR count). The molecule has 0 amide bonds. The highest BCUT2D eigenvalue weighted by Crippen LogP contribution is 2.26. The molecule has 0 saturated heterocycles. The molecule has 1 aromatic carbocycles. The Kier molecular flexibility index (Phi) is 30.4. The lowest BCUT2D eigenvalue weighted by Gasteiger charge is -2.14. The Bertz CT molecular complexity index is 847. The van der Waals surface area contributed by atoms with Gasteiger partial charge in [0.25, 0.3) is 0 Å². The molecule has 0 unspecified atom stereocenters. The molecule has 0 bridgehead atoms. The van der Waals surface area contributed by atoms with Crippen molar-refractivity contribution in [1.29, 1.82) is 0 Å². The molecule has 0 aliphatic heterocycles. The first-order valence-electron chi connectivity index (χ1n) is 16.4. The second kappa shape index (κ2) is 27.4. The Balaban J connectivity index is -0.000000234. The van der Waals surface area contributed by atoms with Gasteiger partial charge < -0.3 is 0 Å². The summed E-state index contributed by atoms with van der Waals surface area (Å²) in [5.74, 6) is 3.59. The van der Waals surface area contributed by atoms with Gasteiger partial charge in [-0.25, -0.2) is 0 Å². The Morgan fingerprint density at radius 1 is 0.452 bits per heavy atom. The zero-order valence-electron chi connectivity index (χ0n) is 30.5. The molecule has 3 aromatic rings. The molecular weight excluding hydrogens is 510 g/mol. The van der Waals surface area contributed by atoms with E-state index in [4.69, 9.17) is 0 Å². The van der Waals surface area contributed by atoms with E-state index in [0.717, 1.165) is 0 Å². The monoisotopic (exact) mass is 584 g/mol. The number of H-pyrrole nitrogens is 1. The minimum absolute atomic E-state index is 0. The first-order valence-corrected chi connectivity index (χ1v) is 16.4. The molecule has 3 nitrogen and oxygen atoms in total. The van der Waals surface area contributed by atoms with E-state index in [0.29, 0.717) is 35.5 Å². The Labute approximate surface area is 264 Å². The van der Waals surface area contributed by atoms with Crippen LogP contribution in [0.3, 0.4) is 0 Å². The van der Waals surface area contributed by atoms with Crippen LogP contribution in [-0.2, 0) is 0 Å². The van der Waals surface area contributed by atoms with Crippen LogP contribution in [0.15, 0.2) is 48.9 Å². The average Bonchev–Trinajstić information content (AvgIpc) is 3.48. The minimum Gasteiger partial charge on any atom is -0.282 e. The SMILES string of the molecule is C.CC.CC.CC.CC(C)c1ccccc1C(C)C.CC(C)c1ccncc1C(C)C.CC(C)c1cn[nH]c1C(C)C. The normalized spacial score (nSPS) is 9.81. The van der Waals surface area contributed by atoms with Gasteiger partial charge in [-0.15, -0.1) is 0 Å². The maximum Gasteiger partial charge on any atom is 0.0524 e. The van der Waals surface area contributed by atoms with Crippen molar-refractivity contribution in [3.63, 3.8) is 0 Å². The molecule has 2 aromatic heterocycles. The zero-order chi connectivity index (χ0) is 32.7. The quantitative estimate of drug-likeness (QED) is 0.313. The number of aromatic nitrogens is 3. The number of pyridine rings is 1. The highest BCUT2D eigenvalue weighted by Gasteiger charge is 2.11. The van der Waals surface area contributed by atoms with Gasteiger partial charge in [0, 0.05) is 18.1 Å². The van der Waals surface area contributed by atoms with Crippen molar-refractivity contribution >= 4 is 0 Å². The van der Waals surface area contributed by atoms with Gasteiger partial charge in [-0.2, -0.15) is 5.10 Å². The third kappa shape index (κ3) is 17.5. The van der Waals surface area contributed by atoms with E-state index in [-0.39, 0.29) is 7.43 Å². The van der Waals surface area contributed by atoms with Gasteiger partial charge in [-0.1, -0.05) is 156 Å². The van der Waals surface area contributed by atoms with E-state index < -0.39 is 0 Å². The molecule has 0 radical (unpaired) electrons. The summed E-state index contributed by atoms with van der Waals surface area (Å²) in [5, 5.41) is 7.08.